The van der Waals surface area contributed by atoms with Crippen LogP contribution in [0.4, 0.5) is 11.4 Å². The zero-order chi connectivity index (χ0) is 14.1. The Morgan fingerprint density at radius 1 is 1.30 bits per heavy atom. The number of carbonyl (C=O) groups is 1. The maximum atomic E-state index is 10.7. The highest BCUT2D eigenvalue weighted by atomic mass is 16.1. The largest absolute Gasteiger partial charge is 0.380 e. The molecule has 0 radical (unpaired) electrons. The van der Waals surface area contributed by atoms with Crippen LogP contribution in [0, 0.1) is 13.8 Å². The molecule has 1 fully saturated rings. The molecule has 1 saturated heterocycles. The third-order valence-corrected chi connectivity index (χ3v) is 4.09. The van der Waals surface area contributed by atoms with Gasteiger partial charge in [-0.15, -0.1) is 0 Å². The number of aryl methyl sites for hydroxylation is 2. The molecule has 3 rings (SSSR count). The second-order valence-corrected chi connectivity index (χ2v) is 5.38. The van der Waals surface area contributed by atoms with Gasteiger partial charge in [0.2, 0.25) is 6.41 Å². The summed E-state index contributed by atoms with van der Waals surface area (Å²) in [5, 5.41) is 10.9. The lowest BCUT2D eigenvalue weighted by atomic mass is 10.1. The van der Waals surface area contributed by atoms with Crippen molar-refractivity contribution in [2.24, 2.45) is 0 Å². The average Bonchev–Trinajstić information content (AvgIpc) is 3.03. The van der Waals surface area contributed by atoms with Crippen LogP contribution in [-0.4, -0.2) is 30.5 Å². The highest BCUT2D eigenvalue weighted by Crippen LogP contribution is 2.34. The van der Waals surface area contributed by atoms with E-state index in [4.69, 9.17) is 0 Å². The van der Waals surface area contributed by atoms with Gasteiger partial charge in [0, 0.05) is 29.4 Å². The molecule has 5 heteroatoms. The van der Waals surface area contributed by atoms with Crippen LogP contribution in [0.1, 0.15) is 17.7 Å². The molecule has 4 N–H and O–H groups in total. The number of rotatable bonds is 4. The molecular formula is C15H20N4O. The molecule has 0 aliphatic carbocycles. The van der Waals surface area contributed by atoms with E-state index in [1.807, 2.05) is 12.1 Å². The monoisotopic (exact) mass is 272 g/mol. The Labute approximate surface area is 118 Å². The summed E-state index contributed by atoms with van der Waals surface area (Å²) in [4.78, 5) is 14.1. The molecule has 2 heterocycles. The third kappa shape index (κ3) is 2.14. The zero-order valence-electron chi connectivity index (χ0n) is 11.8. The summed E-state index contributed by atoms with van der Waals surface area (Å²) >= 11 is 0. The predicted octanol–water partition coefficient (Wildman–Crippen LogP) is 2.13. The van der Waals surface area contributed by atoms with Crippen molar-refractivity contribution in [2.45, 2.75) is 26.3 Å². The van der Waals surface area contributed by atoms with Crippen molar-refractivity contribution in [3.8, 4) is 0 Å². The number of amides is 1. The summed E-state index contributed by atoms with van der Waals surface area (Å²) < 4.78 is 0. The van der Waals surface area contributed by atoms with Crippen LogP contribution in [0.5, 0.6) is 0 Å². The second kappa shape index (κ2) is 5.17. The lowest BCUT2D eigenvalue weighted by Gasteiger charge is -2.15. The van der Waals surface area contributed by atoms with Crippen molar-refractivity contribution < 1.29 is 4.79 Å². The molecule has 20 heavy (non-hydrogen) atoms. The van der Waals surface area contributed by atoms with Crippen molar-refractivity contribution in [3.05, 3.63) is 23.4 Å². The summed E-state index contributed by atoms with van der Waals surface area (Å²) in [6.07, 6.45) is 1.85. The normalized spacial score (nSPS) is 18.4. The fourth-order valence-corrected chi connectivity index (χ4v) is 2.89. The molecule has 0 bridgehead atoms. The Hall–Kier alpha value is -2.01. The maximum Gasteiger partial charge on any atom is 0.211 e. The molecule has 1 aliphatic heterocycles. The van der Waals surface area contributed by atoms with Crippen molar-refractivity contribution >= 4 is 28.7 Å². The molecule has 1 atom stereocenters. The van der Waals surface area contributed by atoms with E-state index in [0.717, 1.165) is 42.1 Å². The van der Waals surface area contributed by atoms with E-state index in [-0.39, 0.29) is 0 Å². The summed E-state index contributed by atoms with van der Waals surface area (Å²) in [6.45, 7) is 6.23. The highest BCUT2D eigenvalue weighted by molar-refractivity contribution is 6.04. The minimum atomic E-state index is 0.470. The second-order valence-electron chi connectivity index (χ2n) is 5.38. The van der Waals surface area contributed by atoms with E-state index in [0.29, 0.717) is 12.5 Å². The standard InChI is InChI=1S/C15H20N4O/c1-9-10(2)18-15-13(17-8-20)4-3-12(14(9)15)19-11-5-6-16-7-11/h3-4,8,11,16,18-19H,5-7H2,1-2H3,(H,17,20). The van der Waals surface area contributed by atoms with E-state index >= 15 is 0 Å². The van der Waals surface area contributed by atoms with Gasteiger partial charge in [0.1, 0.15) is 0 Å². The van der Waals surface area contributed by atoms with Crippen molar-refractivity contribution in [3.63, 3.8) is 0 Å². The molecule has 1 aromatic carbocycles. The minimum Gasteiger partial charge on any atom is -0.380 e. The number of anilines is 2. The van der Waals surface area contributed by atoms with Crippen molar-refractivity contribution in [1.82, 2.24) is 10.3 Å². The van der Waals surface area contributed by atoms with E-state index in [9.17, 15) is 4.79 Å². The predicted molar refractivity (Wildman–Crippen MR) is 82.4 cm³/mol. The quantitative estimate of drug-likeness (QED) is 0.644. The van der Waals surface area contributed by atoms with E-state index in [1.54, 1.807) is 0 Å². The number of hydrogen-bond acceptors (Lipinski definition) is 3. The number of carbonyl (C=O) groups excluding carboxylic acids is 1. The maximum absolute atomic E-state index is 10.7. The highest BCUT2D eigenvalue weighted by Gasteiger charge is 2.18. The molecule has 1 amide bonds. The van der Waals surface area contributed by atoms with Gasteiger partial charge in [-0.3, -0.25) is 4.79 Å². The Kier molecular flexibility index (Phi) is 3.36. The Morgan fingerprint density at radius 3 is 2.80 bits per heavy atom. The SMILES string of the molecule is Cc1[nH]c2c(NC=O)ccc(NC3CCNC3)c2c1C. The smallest absolute Gasteiger partial charge is 0.211 e. The third-order valence-electron chi connectivity index (χ3n) is 4.09. The average molecular weight is 272 g/mol. The van der Waals surface area contributed by atoms with Crippen LogP contribution >= 0.6 is 0 Å². The lowest BCUT2D eigenvalue weighted by Crippen LogP contribution is -2.22. The van der Waals surface area contributed by atoms with Crippen LogP contribution in [-0.2, 0) is 4.79 Å². The summed E-state index contributed by atoms with van der Waals surface area (Å²) in [5.41, 5.74) is 5.30. The Morgan fingerprint density at radius 2 is 2.10 bits per heavy atom. The molecule has 106 valence electrons. The molecule has 1 aliphatic rings. The molecule has 0 saturated carbocycles. The number of H-pyrrole nitrogens is 1. The first kappa shape index (κ1) is 13.0. The van der Waals surface area contributed by atoms with Crippen LogP contribution in [0.15, 0.2) is 12.1 Å². The van der Waals surface area contributed by atoms with Crippen LogP contribution < -0.4 is 16.0 Å². The Bertz CT molecular complexity index is 641. The fourth-order valence-electron chi connectivity index (χ4n) is 2.89. The number of hydrogen-bond donors (Lipinski definition) is 4. The van der Waals surface area contributed by atoms with Gasteiger partial charge in [0.25, 0.3) is 0 Å². The first-order valence-corrected chi connectivity index (χ1v) is 7.00. The van der Waals surface area contributed by atoms with Gasteiger partial charge in [-0.1, -0.05) is 0 Å². The van der Waals surface area contributed by atoms with Gasteiger partial charge in [-0.2, -0.15) is 0 Å². The molecular weight excluding hydrogens is 252 g/mol. The Balaban J connectivity index is 2.07. The number of aromatic amines is 1. The van der Waals surface area contributed by atoms with E-state index < -0.39 is 0 Å². The van der Waals surface area contributed by atoms with E-state index in [2.05, 4.69) is 34.8 Å². The molecule has 0 spiro atoms. The summed E-state index contributed by atoms with van der Waals surface area (Å²) in [6, 6.07) is 4.46. The zero-order valence-corrected chi connectivity index (χ0v) is 11.8. The number of benzene rings is 1. The first-order chi connectivity index (χ1) is 9.70. The first-order valence-electron chi connectivity index (χ1n) is 7.00. The summed E-state index contributed by atoms with van der Waals surface area (Å²) in [5.74, 6) is 0. The van der Waals surface area contributed by atoms with Gasteiger partial charge in [0.05, 0.1) is 11.2 Å². The number of aromatic nitrogens is 1. The van der Waals surface area contributed by atoms with Crippen molar-refractivity contribution in [1.29, 1.82) is 0 Å². The molecule has 5 nitrogen and oxygen atoms in total. The van der Waals surface area contributed by atoms with Crippen molar-refractivity contribution in [2.75, 3.05) is 23.7 Å². The molecule has 1 aromatic heterocycles. The minimum absolute atomic E-state index is 0.470. The van der Waals surface area contributed by atoms with Crippen LogP contribution in [0.3, 0.4) is 0 Å². The molecule has 1 unspecified atom stereocenters. The van der Waals surface area contributed by atoms with E-state index in [1.165, 1.54) is 10.9 Å². The van der Waals surface area contributed by atoms with Gasteiger partial charge in [-0.25, -0.2) is 0 Å². The van der Waals surface area contributed by atoms with Gasteiger partial charge < -0.3 is 20.9 Å². The number of nitrogens with one attached hydrogen (secondary N) is 4. The van der Waals surface area contributed by atoms with Gasteiger partial charge in [-0.05, 0) is 44.5 Å². The van der Waals surface area contributed by atoms with Crippen LogP contribution in [0.2, 0.25) is 0 Å². The fraction of sp³-hybridized carbons (Fsp3) is 0.400. The lowest BCUT2D eigenvalue weighted by molar-refractivity contribution is -0.105. The van der Waals surface area contributed by atoms with Gasteiger partial charge in [0.15, 0.2) is 0 Å². The molecule has 2 aromatic rings. The topological polar surface area (TPSA) is 69.0 Å². The number of fused-ring (bicyclic) bond motifs is 1. The van der Waals surface area contributed by atoms with Gasteiger partial charge >= 0.3 is 0 Å². The summed E-state index contributed by atoms with van der Waals surface area (Å²) in [7, 11) is 0. The van der Waals surface area contributed by atoms with Crippen LogP contribution in [0.25, 0.3) is 10.9 Å².